The summed E-state index contributed by atoms with van der Waals surface area (Å²) in [4.78, 5) is 24.7. The Hall–Kier alpha value is -3.22. The third-order valence-corrected chi connectivity index (χ3v) is 8.14. The lowest BCUT2D eigenvalue weighted by Gasteiger charge is -2.47. The molecule has 2 aromatic carbocycles. The highest BCUT2D eigenvalue weighted by Crippen LogP contribution is 2.53. The molecular formula is C28H33NO6. The Labute approximate surface area is 205 Å². The minimum Gasteiger partial charge on any atom is -0.493 e. The summed E-state index contributed by atoms with van der Waals surface area (Å²) in [5.74, 6) is 0.828. The maximum atomic E-state index is 12.6. The van der Waals surface area contributed by atoms with E-state index in [9.17, 15) is 14.7 Å². The fourth-order valence-electron chi connectivity index (χ4n) is 6.04. The number of carboxylic acid groups (broad SMARTS) is 1. The molecule has 1 amide bonds. The molecule has 5 rings (SSSR count). The van der Waals surface area contributed by atoms with Crippen LogP contribution in [0.3, 0.4) is 0 Å². The van der Waals surface area contributed by atoms with Gasteiger partial charge in [-0.2, -0.15) is 0 Å². The van der Waals surface area contributed by atoms with Gasteiger partial charge >= 0.3 is 5.97 Å². The number of rotatable bonds is 8. The average molecular weight is 480 g/mol. The number of nitrogens with one attached hydrogen (secondary N) is 1. The Morgan fingerprint density at radius 2 is 1.74 bits per heavy atom. The third kappa shape index (κ3) is 4.01. The van der Waals surface area contributed by atoms with Crippen molar-refractivity contribution in [3.63, 3.8) is 0 Å². The molecule has 0 aromatic heterocycles. The van der Waals surface area contributed by atoms with Gasteiger partial charge in [-0.25, -0.2) is 0 Å². The van der Waals surface area contributed by atoms with E-state index >= 15 is 0 Å². The Morgan fingerprint density at radius 3 is 2.37 bits per heavy atom. The number of carbonyl (C=O) groups excluding carboxylic acids is 1. The molecule has 7 nitrogen and oxygen atoms in total. The van der Waals surface area contributed by atoms with Crippen molar-refractivity contribution in [1.29, 1.82) is 0 Å². The summed E-state index contributed by atoms with van der Waals surface area (Å²) < 4.78 is 18.2. The van der Waals surface area contributed by atoms with Crippen molar-refractivity contribution >= 4 is 11.9 Å². The van der Waals surface area contributed by atoms with Gasteiger partial charge in [0.1, 0.15) is 11.5 Å². The minimum absolute atomic E-state index is 0.0684. The van der Waals surface area contributed by atoms with Crippen LogP contribution in [0, 0.1) is 11.3 Å². The van der Waals surface area contributed by atoms with Gasteiger partial charge in [0.15, 0.2) is 11.5 Å². The van der Waals surface area contributed by atoms with Crippen molar-refractivity contribution in [1.82, 2.24) is 5.32 Å². The summed E-state index contributed by atoms with van der Waals surface area (Å²) in [6, 6.07) is 9.49. The molecule has 2 N–H and O–H groups in total. The second-order valence-corrected chi connectivity index (χ2v) is 9.98. The van der Waals surface area contributed by atoms with Crippen molar-refractivity contribution in [2.45, 2.75) is 64.0 Å². The molecule has 3 aliphatic rings. The van der Waals surface area contributed by atoms with E-state index in [1.807, 2.05) is 30.3 Å². The predicted octanol–water partition coefficient (Wildman–Crippen LogP) is 5.20. The molecule has 7 heteroatoms. The van der Waals surface area contributed by atoms with Gasteiger partial charge in [-0.1, -0.05) is 31.7 Å². The molecule has 2 aliphatic carbocycles. The summed E-state index contributed by atoms with van der Waals surface area (Å²) in [6.07, 6.45) is 6.98. The standard InChI is InChI=1S/C28H33NO6/c1-33-22-12-11-20(18-9-10-21-19(15-18)16-29-26(21)30)23(24(22)34-2)35-25(17-7-4-3-5-8-17)28(27(31)32)13-6-14-28/h9-12,15,17,25H,3-8,13-14,16H2,1-2H3,(H,29,30)(H,31,32). The Bertz CT molecular complexity index is 1130. The van der Waals surface area contributed by atoms with E-state index in [0.29, 0.717) is 42.2 Å². The maximum absolute atomic E-state index is 12.6. The Morgan fingerprint density at radius 1 is 1.00 bits per heavy atom. The van der Waals surface area contributed by atoms with Crippen LogP contribution in [0.15, 0.2) is 30.3 Å². The SMILES string of the molecule is COc1ccc(-c2ccc3c(c2)CNC3=O)c(OC(C2CCCCC2)C2(C(=O)O)CCC2)c1OC. The summed E-state index contributed by atoms with van der Waals surface area (Å²) in [6.45, 7) is 0.484. The fraction of sp³-hybridized carbons (Fsp3) is 0.500. The van der Waals surface area contributed by atoms with E-state index in [0.717, 1.165) is 48.8 Å². The minimum atomic E-state index is -0.887. The van der Waals surface area contributed by atoms with Crippen molar-refractivity contribution < 1.29 is 28.9 Å². The van der Waals surface area contributed by atoms with Gasteiger partial charge in [-0.3, -0.25) is 9.59 Å². The number of ether oxygens (including phenoxy) is 3. The summed E-state index contributed by atoms with van der Waals surface area (Å²) in [5.41, 5.74) is 2.40. The monoisotopic (exact) mass is 479 g/mol. The lowest BCUT2D eigenvalue weighted by atomic mass is 9.60. The van der Waals surface area contributed by atoms with E-state index in [-0.39, 0.29) is 11.8 Å². The molecule has 186 valence electrons. The fourth-order valence-corrected chi connectivity index (χ4v) is 6.04. The van der Waals surface area contributed by atoms with Crippen LogP contribution in [0.25, 0.3) is 11.1 Å². The highest BCUT2D eigenvalue weighted by Gasteiger charge is 2.55. The van der Waals surface area contributed by atoms with Crippen LogP contribution < -0.4 is 19.5 Å². The molecule has 35 heavy (non-hydrogen) atoms. The quantitative estimate of drug-likeness (QED) is 0.541. The topological polar surface area (TPSA) is 94.1 Å². The molecule has 0 bridgehead atoms. The first-order chi connectivity index (χ1) is 17.0. The summed E-state index contributed by atoms with van der Waals surface area (Å²) in [5, 5.41) is 13.2. The van der Waals surface area contributed by atoms with Gasteiger partial charge in [0, 0.05) is 17.7 Å². The van der Waals surface area contributed by atoms with Crippen LogP contribution in [0.4, 0.5) is 0 Å². The first-order valence-corrected chi connectivity index (χ1v) is 12.5. The number of carbonyl (C=O) groups is 2. The number of fused-ring (bicyclic) bond motifs is 1. The average Bonchev–Trinajstić information content (AvgIpc) is 3.22. The molecule has 1 unspecified atom stereocenters. The molecule has 0 radical (unpaired) electrons. The molecule has 2 saturated carbocycles. The number of amides is 1. The maximum Gasteiger partial charge on any atom is 0.313 e. The Balaban J connectivity index is 1.63. The van der Waals surface area contributed by atoms with Crippen molar-refractivity contribution in [3.05, 3.63) is 41.5 Å². The van der Waals surface area contributed by atoms with Crippen molar-refractivity contribution in [3.8, 4) is 28.4 Å². The molecule has 2 fully saturated rings. The van der Waals surface area contributed by atoms with Crippen LogP contribution in [0.1, 0.15) is 67.3 Å². The molecular weight excluding hydrogens is 446 g/mol. The van der Waals surface area contributed by atoms with Crippen molar-refractivity contribution in [2.75, 3.05) is 14.2 Å². The highest BCUT2D eigenvalue weighted by atomic mass is 16.5. The van der Waals surface area contributed by atoms with Crippen LogP contribution in [0.2, 0.25) is 0 Å². The van der Waals surface area contributed by atoms with E-state index < -0.39 is 17.5 Å². The van der Waals surface area contributed by atoms with E-state index in [4.69, 9.17) is 14.2 Å². The second kappa shape index (κ2) is 9.44. The number of carboxylic acids is 1. The lowest BCUT2D eigenvalue weighted by molar-refractivity contribution is -0.168. The smallest absolute Gasteiger partial charge is 0.313 e. The molecule has 1 atom stereocenters. The first-order valence-electron chi connectivity index (χ1n) is 12.5. The number of benzene rings is 2. The number of aliphatic carboxylic acids is 1. The summed E-state index contributed by atoms with van der Waals surface area (Å²) >= 11 is 0. The molecule has 1 heterocycles. The largest absolute Gasteiger partial charge is 0.493 e. The van der Waals surface area contributed by atoms with Gasteiger partial charge in [-0.05, 0) is 67.0 Å². The van der Waals surface area contributed by atoms with Gasteiger partial charge < -0.3 is 24.6 Å². The third-order valence-electron chi connectivity index (χ3n) is 8.14. The van der Waals surface area contributed by atoms with E-state index in [1.54, 1.807) is 14.2 Å². The normalized spacial score (nSPS) is 19.8. The van der Waals surface area contributed by atoms with E-state index in [2.05, 4.69) is 5.32 Å². The Kier molecular flexibility index (Phi) is 6.34. The van der Waals surface area contributed by atoms with Gasteiger partial charge in [0.25, 0.3) is 5.91 Å². The number of methoxy groups -OCH3 is 2. The zero-order chi connectivity index (χ0) is 24.6. The van der Waals surface area contributed by atoms with Gasteiger partial charge in [0.05, 0.1) is 14.2 Å². The lowest BCUT2D eigenvalue weighted by Crippen LogP contribution is -2.54. The van der Waals surface area contributed by atoms with Crippen LogP contribution >= 0.6 is 0 Å². The number of hydrogen-bond acceptors (Lipinski definition) is 5. The second-order valence-electron chi connectivity index (χ2n) is 9.98. The van der Waals surface area contributed by atoms with Crippen molar-refractivity contribution in [2.24, 2.45) is 11.3 Å². The van der Waals surface area contributed by atoms with Gasteiger partial charge in [-0.15, -0.1) is 0 Å². The van der Waals surface area contributed by atoms with Crippen LogP contribution in [0.5, 0.6) is 17.2 Å². The summed E-state index contributed by atoms with van der Waals surface area (Å²) in [7, 11) is 3.16. The van der Waals surface area contributed by atoms with Gasteiger partial charge in [0.2, 0.25) is 5.75 Å². The van der Waals surface area contributed by atoms with Crippen LogP contribution in [-0.4, -0.2) is 37.3 Å². The number of hydrogen-bond donors (Lipinski definition) is 2. The predicted molar refractivity (Wildman–Crippen MR) is 131 cm³/mol. The zero-order valence-electron chi connectivity index (χ0n) is 20.4. The molecule has 0 saturated heterocycles. The zero-order valence-corrected chi connectivity index (χ0v) is 20.4. The molecule has 0 spiro atoms. The highest BCUT2D eigenvalue weighted by molar-refractivity contribution is 5.99. The molecule has 1 aliphatic heterocycles. The first kappa shape index (κ1) is 23.5. The molecule has 2 aromatic rings. The van der Waals surface area contributed by atoms with Crippen LogP contribution in [-0.2, 0) is 11.3 Å². The van der Waals surface area contributed by atoms with E-state index in [1.165, 1.54) is 6.42 Å².